The second-order valence-electron chi connectivity index (χ2n) is 3.80. The lowest BCUT2D eigenvalue weighted by Crippen LogP contribution is -2.04. The number of aliphatic carboxylic acids is 1. The first kappa shape index (κ1) is 12.9. The van der Waals surface area contributed by atoms with E-state index >= 15 is 0 Å². The molecule has 2 nitrogen and oxygen atoms in total. The van der Waals surface area contributed by atoms with Gasteiger partial charge in [0, 0.05) is 10.6 Å². The van der Waals surface area contributed by atoms with Gasteiger partial charge in [0.05, 0.1) is 0 Å². The molecule has 1 atom stereocenters. The zero-order chi connectivity index (χ0) is 13.1. The molecule has 2 aromatic carbocycles. The fraction of sp³-hybridized carbons (Fsp3) is 0.0714. The monoisotopic (exact) mass is 280 g/mol. The number of carboxylic acid groups (broad SMARTS) is 1. The van der Waals surface area contributed by atoms with Gasteiger partial charge in [-0.3, -0.25) is 4.79 Å². The van der Waals surface area contributed by atoms with E-state index in [-0.39, 0.29) is 0 Å². The van der Waals surface area contributed by atoms with Gasteiger partial charge in [0.15, 0.2) is 5.38 Å². The summed E-state index contributed by atoms with van der Waals surface area (Å²) < 4.78 is 0. The van der Waals surface area contributed by atoms with E-state index in [9.17, 15) is 4.79 Å². The van der Waals surface area contributed by atoms with Crippen LogP contribution < -0.4 is 0 Å². The Morgan fingerprint density at radius 2 is 1.67 bits per heavy atom. The molecule has 1 unspecified atom stereocenters. The Morgan fingerprint density at radius 1 is 1.06 bits per heavy atom. The molecule has 92 valence electrons. The van der Waals surface area contributed by atoms with Crippen molar-refractivity contribution < 1.29 is 9.90 Å². The Labute approximate surface area is 115 Å². The van der Waals surface area contributed by atoms with E-state index in [1.54, 1.807) is 12.1 Å². The van der Waals surface area contributed by atoms with E-state index in [0.717, 1.165) is 11.1 Å². The molecule has 0 bridgehead atoms. The molecule has 1 N–H and O–H groups in total. The number of rotatable bonds is 3. The van der Waals surface area contributed by atoms with Crippen molar-refractivity contribution in [2.75, 3.05) is 0 Å². The normalized spacial score (nSPS) is 12.1. The van der Waals surface area contributed by atoms with Crippen molar-refractivity contribution in [1.82, 2.24) is 0 Å². The summed E-state index contributed by atoms with van der Waals surface area (Å²) >= 11 is 11.8. The number of carbonyl (C=O) groups is 1. The minimum atomic E-state index is -1.05. The first-order valence-electron chi connectivity index (χ1n) is 5.31. The Morgan fingerprint density at radius 3 is 2.22 bits per heavy atom. The maximum atomic E-state index is 10.8. The molecule has 2 rings (SSSR count). The van der Waals surface area contributed by atoms with Crippen LogP contribution in [0.25, 0.3) is 11.1 Å². The van der Waals surface area contributed by atoms with Crippen molar-refractivity contribution in [2.45, 2.75) is 5.38 Å². The van der Waals surface area contributed by atoms with E-state index in [2.05, 4.69) is 0 Å². The van der Waals surface area contributed by atoms with Gasteiger partial charge in [-0.25, -0.2) is 0 Å². The number of halogens is 2. The molecular weight excluding hydrogens is 271 g/mol. The molecule has 0 aliphatic carbocycles. The smallest absolute Gasteiger partial charge is 0.326 e. The number of carboxylic acids is 1. The highest BCUT2D eigenvalue weighted by Crippen LogP contribution is 2.29. The van der Waals surface area contributed by atoms with Crippen molar-refractivity contribution >= 4 is 29.2 Å². The molecule has 0 saturated carbocycles. The Bertz CT molecular complexity index is 564. The fourth-order valence-electron chi connectivity index (χ4n) is 1.67. The van der Waals surface area contributed by atoms with Gasteiger partial charge in [0.1, 0.15) is 0 Å². The van der Waals surface area contributed by atoms with Crippen LogP contribution >= 0.6 is 23.2 Å². The zero-order valence-corrected chi connectivity index (χ0v) is 10.8. The average Bonchev–Trinajstić information content (AvgIpc) is 2.38. The van der Waals surface area contributed by atoms with Crippen LogP contribution in [-0.4, -0.2) is 11.1 Å². The third kappa shape index (κ3) is 2.66. The molecule has 0 fully saturated rings. The highest BCUT2D eigenvalue weighted by molar-refractivity contribution is 6.33. The molecule has 18 heavy (non-hydrogen) atoms. The van der Waals surface area contributed by atoms with Gasteiger partial charge in [-0.05, 0) is 17.2 Å². The van der Waals surface area contributed by atoms with Gasteiger partial charge in [-0.15, -0.1) is 11.6 Å². The van der Waals surface area contributed by atoms with E-state index in [1.165, 1.54) is 0 Å². The lowest BCUT2D eigenvalue weighted by Gasteiger charge is -2.07. The third-order valence-corrected chi connectivity index (χ3v) is 3.37. The summed E-state index contributed by atoms with van der Waals surface area (Å²) in [5.74, 6) is -1.05. The standard InChI is InChI=1S/C14H10Cl2O2/c15-12-4-2-1-3-11(12)9-5-7-10(8-6-9)13(16)14(17)18/h1-8,13H,(H,17,18). The number of benzene rings is 2. The summed E-state index contributed by atoms with van der Waals surface area (Å²) in [5, 5.41) is 8.45. The van der Waals surface area contributed by atoms with Crippen molar-refractivity contribution in [3.63, 3.8) is 0 Å². The van der Waals surface area contributed by atoms with Crippen molar-refractivity contribution in [3.05, 3.63) is 59.1 Å². The highest BCUT2D eigenvalue weighted by Gasteiger charge is 2.15. The molecule has 0 radical (unpaired) electrons. The first-order chi connectivity index (χ1) is 8.59. The van der Waals surface area contributed by atoms with Crippen molar-refractivity contribution in [2.24, 2.45) is 0 Å². The van der Waals surface area contributed by atoms with Crippen LogP contribution in [0, 0.1) is 0 Å². The van der Waals surface area contributed by atoms with Gasteiger partial charge in [0.25, 0.3) is 0 Å². The Kier molecular flexibility index (Phi) is 3.90. The van der Waals surface area contributed by atoms with E-state index in [0.29, 0.717) is 10.6 Å². The van der Waals surface area contributed by atoms with Crippen LogP contribution in [0.2, 0.25) is 5.02 Å². The average molecular weight is 281 g/mol. The van der Waals surface area contributed by atoms with Gasteiger partial charge < -0.3 is 5.11 Å². The largest absolute Gasteiger partial charge is 0.480 e. The second kappa shape index (κ2) is 5.42. The minimum Gasteiger partial charge on any atom is -0.480 e. The maximum Gasteiger partial charge on any atom is 0.326 e. The second-order valence-corrected chi connectivity index (χ2v) is 4.65. The molecule has 0 heterocycles. The molecule has 0 spiro atoms. The topological polar surface area (TPSA) is 37.3 Å². The summed E-state index contributed by atoms with van der Waals surface area (Å²) in [4.78, 5) is 10.8. The number of hydrogen-bond donors (Lipinski definition) is 1. The number of alkyl halides is 1. The van der Waals surface area contributed by atoms with Gasteiger partial charge in [-0.1, -0.05) is 54.1 Å². The molecule has 2 aromatic rings. The van der Waals surface area contributed by atoms with Gasteiger partial charge >= 0.3 is 5.97 Å². The number of hydrogen-bond acceptors (Lipinski definition) is 1. The molecular formula is C14H10Cl2O2. The predicted octanol–water partition coefficient (Wildman–Crippen LogP) is 4.37. The lowest BCUT2D eigenvalue weighted by molar-refractivity contribution is -0.136. The molecule has 0 saturated heterocycles. The Balaban J connectivity index is 2.34. The third-order valence-electron chi connectivity index (χ3n) is 2.61. The first-order valence-corrected chi connectivity index (χ1v) is 6.13. The van der Waals surface area contributed by atoms with Crippen LogP contribution in [0.4, 0.5) is 0 Å². The molecule has 4 heteroatoms. The molecule has 0 aliphatic heterocycles. The van der Waals surface area contributed by atoms with E-state index in [1.807, 2.05) is 36.4 Å². The summed E-state index contributed by atoms with van der Waals surface area (Å²) in [6.45, 7) is 0. The van der Waals surface area contributed by atoms with Crippen LogP contribution in [-0.2, 0) is 4.79 Å². The summed E-state index contributed by atoms with van der Waals surface area (Å²) in [7, 11) is 0. The molecule has 0 aromatic heterocycles. The lowest BCUT2D eigenvalue weighted by atomic mass is 10.0. The zero-order valence-electron chi connectivity index (χ0n) is 9.31. The van der Waals surface area contributed by atoms with Crippen LogP contribution in [0.5, 0.6) is 0 Å². The highest BCUT2D eigenvalue weighted by atomic mass is 35.5. The van der Waals surface area contributed by atoms with Gasteiger partial charge in [0.2, 0.25) is 0 Å². The quantitative estimate of drug-likeness (QED) is 0.848. The Hall–Kier alpha value is -1.51. The fourth-order valence-corrected chi connectivity index (χ4v) is 2.06. The maximum absolute atomic E-state index is 10.8. The van der Waals surface area contributed by atoms with Crippen molar-refractivity contribution in [1.29, 1.82) is 0 Å². The summed E-state index contributed by atoms with van der Waals surface area (Å²) in [5.41, 5.74) is 2.39. The molecule has 0 amide bonds. The van der Waals surface area contributed by atoms with Crippen LogP contribution in [0.15, 0.2) is 48.5 Å². The molecule has 0 aliphatic rings. The van der Waals surface area contributed by atoms with Crippen LogP contribution in [0.1, 0.15) is 10.9 Å². The minimum absolute atomic E-state index is 0.556. The summed E-state index contributed by atoms with van der Waals surface area (Å²) in [6, 6.07) is 14.5. The van der Waals surface area contributed by atoms with E-state index in [4.69, 9.17) is 28.3 Å². The van der Waals surface area contributed by atoms with Crippen molar-refractivity contribution in [3.8, 4) is 11.1 Å². The van der Waals surface area contributed by atoms with E-state index < -0.39 is 11.3 Å². The summed E-state index contributed by atoms with van der Waals surface area (Å²) in [6.07, 6.45) is 0. The SMILES string of the molecule is O=C(O)C(Cl)c1ccc(-c2ccccc2Cl)cc1. The predicted molar refractivity (Wildman–Crippen MR) is 73.1 cm³/mol. The van der Waals surface area contributed by atoms with Crippen LogP contribution in [0.3, 0.4) is 0 Å². The van der Waals surface area contributed by atoms with Gasteiger partial charge in [-0.2, -0.15) is 0 Å².